The van der Waals surface area contributed by atoms with Gasteiger partial charge in [0.05, 0.1) is 11.7 Å². The van der Waals surface area contributed by atoms with Crippen LogP contribution in [0.15, 0.2) is 18.3 Å². The maximum absolute atomic E-state index is 3.96. The van der Waals surface area contributed by atoms with E-state index in [1.54, 1.807) is 0 Å². The lowest BCUT2D eigenvalue weighted by atomic mass is 10.1. The first-order chi connectivity index (χ1) is 5.27. The molecule has 1 heterocycles. The number of hydrogen-bond donors (Lipinski definition) is 1. The zero-order valence-corrected chi connectivity index (χ0v) is 6.68. The Morgan fingerprint density at radius 1 is 1.18 bits per heavy atom. The standard InChI is InChI=1S/C9H10N2/c1-6-3-8-5-10-11-9(8)4-7(6)2/h3-5H,1-2H3,(H,10,11). The molecule has 1 aromatic heterocycles. The van der Waals surface area contributed by atoms with Gasteiger partial charge in [0.1, 0.15) is 0 Å². The molecule has 0 aliphatic carbocycles. The second-order valence-electron chi connectivity index (χ2n) is 2.89. The van der Waals surface area contributed by atoms with E-state index in [-0.39, 0.29) is 0 Å². The zero-order chi connectivity index (χ0) is 7.84. The summed E-state index contributed by atoms with van der Waals surface area (Å²) in [5, 5.41) is 8.08. The third-order valence-corrected chi connectivity index (χ3v) is 2.05. The van der Waals surface area contributed by atoms with E-state index in [9.17, 15) is 0 Å². The largest absolute Gasteiger partial charge is 0.278 e. The molecule has 0 spiro atoms. The Kier molecular flexibility index (Phi) is 1.22. The molecule has 0 amide bonds. The van der Waals surface area contributed by atoms with Crippen LogP contribution in [0.25, 0.3) is 10.9 Å². The molecule has 56 valence electrons. The Labute approximate surface area is 65.2 Å². The van der Waals surface area contributed by atoms with E-state index in [2.05, 4.69) is 36.2 Å². The van der Waals surface area contributed by atoms with E-state index in [0.29, 0.717) is 0 Å². The van der Waals surface area contributed by atoms with E-state index in [1.807, 2.05) is 6.20 Å². The van der Waals surface area contributed by atoms with Crippen molar-refractivity contribution >= 4 is 10.9 Å². The topological polar surface area (TPSA) is 28.7 Å². The molecule has 0 atom stereocenters. The van der Waals surface area contributed by atoms with E-state index in [1.165, 1.54) is 16.5 Å². The molecular formula is C9H10N2. The molecule has 0 radical (unpaired) electrons. The highest BCUT2D eigenvalue weighted by molar-refractivity contribution is 5.79. The normalized spacial score (nSPS) is 10.7. The van der Waals surface area contributed by atoms with Gasteiger partial charge < -0.3 is 0 Å². The van der Waals surface area contributed by atoms with Gasteiger partial charge in [0.2, 0.25) is 0 Å². The molecule has 0 bridgehead atoms. The molecule has 2 aromatic rings. The molecule has 1 N–H and O–H groups in total. The van der Waals surface area contributed by atoms with Gasteiger partial charge in [-0.15, -0.1) is 0 Å². The lowest BCUT2D eigenvalue weighted by Crippen LogP contribution is -1.79. The summed E-state index contributed by atoms with van der Waals surface area (Å²) >= 11 is 0. The van der Waals surface area contributed by atoms with E-state index in [0.717, 1.165) is 5.52 Å². The van der Waals surface area contributed by atoms with Gasteiger partial charge in [0, 0.05) is 5.39 Å². The molecule has 2 rings (SSSR count). The average Bonchev–Trinajstić information content (AvgIpc) is 2.36. The van der Waals surface area contributed by atoms with Crippen LogP contribution < -0.4 is 0 Å². The first kappa shape index (κ1) is 6.40. The monoisotopic (exact) mass is 146 g/mol. The number of fused-ring (bicyclic) bond motifs is 1. The Balaban J connectivity index is 2.86. The Bertz CT molecular complexity index is 351. The highest BCUT2D eigenvalue weighted by atomic mass is 15.1. The third kappa shape index (κ3) is 0.909. The highest BCUT2D eigenvalue weighted by Crippen LogP contribution is 2.15. The van der Waals surface area contributed by atoms with Crippen LogP contribution in [0.1, 0.15) is 11.1 Å². The van der Waals surface area contributed by atoms with Crippen molar-refractivity contribution in [3.05, 3.63) is 29.5 Å². The SMILES string of the molecule is Cc1cc2cn[nH]c2cc1C. The smallest absolute Gasteiger partial charge is 0.0653 e. The summed E-state index contributed by atoms with van der Waals surface area (Å²) < 4.78 is 0. The van der Waals surface area contributed by atoms with Gasteiger partial charge in [-0.3, -0.25) is 5.10 Å². The summed E-state index contributed by atoms with van der Waals surface area (Å²) in [6.45, 7) is 4.22. The van der Waals surface area contributed by atoms with Crippen LogP contribution in [-0.2, 0) is 0 Å². The zero-order valence-electron chi connectivity index (χ0n) is 6.68. The predicted octanol–water partition coefficient (Wildman–Crippen LogP) is 2.18. The fourth-order valence-corrected chi connectivity index (χ4v) is 1.21. The van der Waals surface area contributed by atoms with Crippen LogP contribution in [0.4, 0.5) is 0 Å². The molecule has 11 heavy (non-hydrogen) atoms. The van der Waals surface area contributed by atoms with Crippen molar-refractivity contribution in [1.29, 1.82) is 0 Å². The van der Waals surface area contributed by atoms with Crippen LogP contribution in [0.2, 0.25) is 0 Å². The number of aryl methyl sites for hydroxylation is 2. The van der Waals surface area contributed by atoms with Crippen molar-refractivity contribution in [1.82, 2.24) is 10.2 Å². The summed E-state index contributed by atoms with van der Waals surface area (Å²) in [5.41, 5.74) is 3.74. The fraction of sp³-hybridized carbons (Fsp3) is 0.222. The number of hydrogen-bond acceptors (Lipinski definition) is 1. The first-order valence-electron chi connectivity index (χ1n) is 3.68. The van der Waals surface area contributed by atoms with E-state index in [4.69, 9.17) is 0 Å². The van der Waals surface area contributed by atoms with Crippen molar-refractivity contribution in [2.75, 3.05) is 0 Å². The first-order valence-corrected chi connectivity index (χ1v) is 3.68. The molecule has 2 heteroatoms. The summed E-state index contributed by atoms with van der Waals surface area (Å²) in [6.07, 6.45) is 1.85. The molecule has 0 saturated carbocycles. The van der Waals surface area contributed by atoms with Crippen molar-refractivity contribution in [3.8, 4) is 0 Å². The number of aromatic nitrogens is 2. The van der Waals surface area contributed by atoms with Gasteiger partial charge in [-0.05, 0) is 37.1 Å². The van der Waals surface area contributed by atoms with Gasteiger partial charge >= 0.3 is 0 Å². The number of nitrogens with one attached hydrogen (secondary N) is 1. The molecule has 0 saturated heterocycles. The van der Waals surface area contributed by atoms with E-state index >= 15 is 0 Å². The lowest BCUT2D eigenvalue weighted by Gasteiger charge is -1.97. The number of aromatic amines is 1. The number of nitrogens with zero attached hydrogens (tertiary/aromatic N) is 1. The van der Waals surface area contributed by atoms with Gasteiger partial charge in [-0.25, -0.2) is 0 Å². The maximum atomic E-state index is 3.96. The van der Waals surface area contributed by atoms with Crippen LogP contribution in [0.5, 0.6) is 0 Å². The Morgan fingerprint density at radius 3 is 2.73 bits per heavy atom. The average molecular weight is 146 g/mol. The summed E-state index contributed by atoms with van der Waals surface area (Å²) in [6, 6.07) is 4.27. The molecule has 0 aliphatic rings. The minimum absolute atomic E-state index is 1.12. The third-order valence-electron chi connectivity index (χ3n) is 2.05. The predicted molar refractivity (Wildman–Crippen MR) is 45.6 cm³/mol. The van der Waals surface area contributed by atoms with Gasteiger partial charge in [0.25, 0.3) is 0 Å². The van der Waals surface area contributed by atoms with Crippen LogP contribution in [0.3, 0.4) is 0 Å². The van der Waals surface area contributed by atoms with Crippen LogP contribution >= 0.6 is 0 Å². The summed E-state index contributed by atoms with van der Waals surface area (Å²) in [7, 11) is 0. The van der Waals surface area contributed by atoms with Gasteiger partial charge in [-0.1, -0.05) is 0 Å². The summed E-state index contributed by atoms with van der Waals surface area (Å²) in [4.78, 5) is 0. The molecule has 0 fully saturated rings. The molecule has 0 unspecified atom stereocenters. The van der Waals surface area contributed by atoms with Crippen molar-refractivity contribution in [3.63, 3.8) is 0 Å². The quantitative estimate of drug-likeness (QED) is 0.606. The van der Waals surface area contributed by atoms with Gasteiger partial charge in [-0.2, -0.15) is 5.10 Å². The molecule has 1 aromatic carbocycles. The number of H-pyrrole nitrogens is 1. The van der Waals surface area contributed by atoms with E-state index < -0.39 is 0 Å². The molecule has 0 aliphatic heterocycles. The molecular weight excluding hydrogens is 136 g/mol. The van der Waals surface area contributed by atoms with Crippen LogP contribution in [0, 0.1) is 13.8 Å². The van der Waals surface area contributed by atoms with Gasteiger partial charge in [0.15, 0.2) is 0 Å². The molecule has 2 nitrogen and oxygen atoms in total. The lowest BCUT2D eigenvalue weighted by molar-refractivity contribution is 1.12. The minimum Gasteiger partial charge on any atom is -0.278 e. The Hall–Kier alpha value is -1.31. The minimum atomic E-state index is 1.12. The fourth-order valence-electron chi connectivity index (χ4n) is 1.21. The van der Waals surface area contributed by atoms with Crippen molar-refractivity contribution < 1.29 is 0 Å². The maximum Gasteiger partial charge on any atom is 0.0653 e. The van der Waals surface area contributed by atoms with Crippen molar-refractivity contribution in [2.45, 2.75) is 13.8 Å². The highest BCUT2D eigenvalue weighted by Gasteiger charge is 1.97. The number of benzene rings is 1. The second-order valence-corrected chi connectivity index (χ2v) is 2.89. The second kappa shape index (κ2) is 2.09. The van der Waals surface area contributed by atoms with Crippen LogP contribution in [-0.4, -0.2) is 10.2 Å². The number of rotatable bonds is 0. The summed E-state index contributed by atoms with van der Waals surface area (Å²) in [5.74, 6) is 0. The Morgan fingerprint density at radius 2 is 1.91 bits per heavy atom. The van der Waals surface area contributed by atoms with Crippen molar-refractivity contribution in [2.24, 2.45) is 0 Å².